The minimum Gasteiger partial charge on any atom is -0.496 e. The van der Waals surface area contributed by atoms with Gasteiger partial charge in [-0.25, -0.2) is 0 Å². The van der Waals surface area contributed by atoms with Crippen molar-refractivity contribution in [2.75, 3.05) is 13.7 Å². The Morgan fingerprint density at radius 3 is 2.52 bits per heavy atom. The van der Waals surface area contributed by atoms with Crippen molar-refractivity contribution in [3.05, 3.63) is 47.3 Å². The molecule has 0 spiro atoms. The van der Waals surface area contributed by atoms with Crippen LogP contribution in [0, 0.1) is 5.92 Å². The predicted octanol–water partition coefficient (Wildman–Crippen LogP) is 2.40. The van der Waals surface area contributed by atoms with Gasteiger partial charge in [0.15, 0.2) is 0 Å². The number of aliphatic carboxylic acids is 1. The second-order valence-electron chi connectivity index (χ2n) is 7.55. The molecule has 0 radical (unpaired) electrons. The van der Waals surface area contributed by atoms with E-state index in [-0.39, 0.29) is 24.3 Å². The number of hydrogen-bond acceptors (Lipinski definition) is 4. The number of carbonyl (C=O) groups is 2. The first kappa shape index (κ1) is 20.5. The van der Waals surface area contributed by atoms with Crippen LogP contribution in [0.1, 0.15) is 42.5 Å². The fourth-order valence-electron chi connectivity index (χ4n) is 2.74. The quantitative estimate of drug-likeness (QED) is 0.777. The fourth-order valence-corrected chi connectivity index (χ4v) is 2.74. The van der Waals surface area contributed by atoms with Crippen LogP contribution in [0.3, 0.4) is 0 Å². The molecule has 0 aliphatic carbocycles. The van der Waals surface area contributed by atoms with E-state index in [2.05, 4.69) is 10.4 Å². The molecule has 0 fully saturated rings. The van der Waals surface area contributed by atoms with Gasteiger partial charge in [0.2, 0.25) is 0 Å². The van der Waals surface area contributed by atoms with Crippen molar-refractivity contribution >= 4 is 11.9 Å². The highest BCUT2D eigenvalue weighted by Crippen LogP contribution is 2.22. The third-order valence-corrected chi connectivity index (χ3v) is 4.40. The van der Waals surface area contributed by atoms with Crippen LogP contribution >= 0.6 is 0 Å². The molecule has 1 unspecified atom stereocenters. The van der Waals surface area contributed by atoms with E-state index in [9.17, 15) is 14.7 Å². The standard InChI is InChI=1S/C20H27N3O4/c1-20(2,3)17-11-15(23(4)22-17)18(24)21-12-14(19(25)26)10-13-8-6-7-9-16(13)27-5/h6-9,11,14H,10,12H2,1-5H3,(H,21,24)(H,25,26). The average molecular weight is 373 g/mol. The normalized spacial score (nSPS) is 12.5. The summed E-state index contributed by atoms with van der Waals surface area (Å²) in [5.41, 5.74) is 1.82. The Balaban J connectivity index is 2.09. The summed E-state index contributed by atoms with van der Waals surface area (Å²) in [7, 11) is 3.25. The molecule has 7 nitrogen and oxygen atoms in total. The fraction of sp³-hybridized carbons (Fsp3) is 0.450. The molecule has 7 heteroatoms. The highest BCUT2D eigenvalue weighted by atomic mass is 16.5. The van der Waals surface area contributed by atoms with Crippen molar-refractivity contribution in [2.45, 2.75) is 32.6 Å². The zero-order chi connectivity index (χ0) is 20.2. The first-order chi connectivity index (χ1) is 12.6. The largest absolute Gasteiger partial charge is 0.496 e. The van der Waals surface area contributed by atoms with Gasteiger partial charge < -0.3 is 15.2 Å². The van der Waals surface area contributed by atoms with E-state index in [1.165, 1.54) is 4.68 Å². The van der Waals surface area contributed by atoms with Crippen LogP contribution in [-0.2, 0) is 23.7 Å². The SMILES string of the molecule is COc1ccccc1CC(CNC(=O)c1cc(C(C)(C)C)nn1C)C(=O)O. The number of hydrogen-bond donors (Lipinski definition) is 2. The Morgan fingerprint density at radius 1 is 1.30 bits per heavy atom. The Kier molecular flexibility index (Phi) is 6.25. The molecule has 146 valence electrons. The van der Waals surface area contributed by atoms with Crippen molar-refractivity contribution in [3.63, 3.8) is 0 Å². The third-order valence-electron chi connectivity index (χ3n) is 4.40. The van der Waals surface area contributed by atoms with Gasteiger partial charge >= 0.3 is 5.97 Å². The monoisotopic (exact) mass is 373 g/mol. The summed E-state index contributed by atoms with van der Waals surface area (Å²) in [4.78, 5) is 24.2. The van der Waals surface area contributed by atoms with Gasteiger partial charge in [-0.3, -0.25) is 14.3 Å². The Hall–Kier alpha value is -2.83. The summed E-state index contributed by atoms with van der Waals surface area (Å²) in [5.74, 6) is -1.44. The molecule has 1 amide bonds. The molecule has 0 aliphatic heterocycles. The minimum absolute atomic E-state index is 0.0161. The molecule has 1 aromatic heterocycles. The van der Waals surface area contributed by atoms with E-state index >= 15 is 0 Å². The van der Waals surface area contributed by atoms with Crippen LogP contribution in [-0.4, -0.2) is 40.4 Å². The summed E-state index contributed by atoms with van der Waals surface area (Å²) < 4.78 is 6.80. The van der Waals surface area contributed by atoms with Gasteiger partial charge in [0.25, 0.3) is 5.91 Å². The minimum atomic E-state index is -0.971. The Labute approximate surface area is 159 Å². The maximum absolute atomic E-state index is 12.5. The molecule has 0 aliphatic rings. The number of carbonyl (C=O) groups excluding carboxylic acids is 1. The number of benzene rings is 1. The second kappa shape index (κ2) is 8.24. The summed E-state index contributed by atoms with van der Waals surface area (Å²) in [6.07, 6.45) is 0.262. The van der Waals surface area contributed by atoms with E-state index in [4.69, 9.17) is 4.74 Å². The maximum atomic E-state index is 12.5. The van der Waals surface area contributed by atoms with Gasteiger partial charge in [0, 0.05) is 19.0 Å². The lowest BCUT2D eigenvalue weighted by Crippen LogP contribution is -2.35. The van der Waals surface area contributed by atoms with E-state index in [1.54, 1.807) is 26.3 Å². The van der Waals surface area contributed by atoms with Crippen molar-refractivity contribution in [2.24, 2.45) is 13.0 Å². The van der Waals surface area contributed by atoms with Crippen LogP contribution in [0.5, 0.6) is 5.75 Å². The summed E-state index contributed by atoms with van der Waals surface area (Å²) in [6, 6.07) is 9.02. The van der Waals surface area contributed by atoms with E-state index in [0.29, 0.717) is 11.4 Å². The lowest BCUT2D eigenvalue weighted by Gasteiger charge is -2.15. The van der Waals surface area contributed by atoms with E-state index in [0.717, 1.165) is 11.3 Å². The zero-order valence-electron chi connectivity index (χ0n) is 16.4. The number of nitrogens with zero attached hydrogens (tertiary/aromatic N) is 2. The van der Waals surface area contributed by atoms with Gasteiger partial charge in [-0.05, 0) is 24.1 Å². The van der Waals surface area contributed by atoms with Crippen molar-refractivity contribution < 1.29 is 19.4 Å². The van der Waals surface area contributed by atoms with Crippen LogP contribution in [0.4, 0.5) is 0 Å². The van der Waals surface area contributed by atoms with Crippen LogP contribution < -0.4 is 10.1 Å². The molecule has 27 heavy (non-hydrogen) atoms. The van der Waals surface area contributed by atoms with Crippen LogP contribution in [0.15, 0.2) is 30.3 Å². The number of carboxylic acid groups (broad SMARTS) is 1. The van der Waals surface area contributed by atoms with Gasteiger partial charge in [-0.1, -0.05) is 39.0 Å². The lowest BCUT2D eigenvalue weighted by molar-refractivity contribution is -0.141. The predicted molar refractivity (Wildman–Crippen MR) is 102 cm³/mol. The highest BCUT2D eigenvalue weighted by Gasteiger charge is 2.24. The highest BCUT2D eigenvalue weighted by molar-refractivity contribution is 5.93. The number of nitrogens with one attached hydrogen (secondary N) is 1. The summed E-state index contributed by atoms with van der Waals surface area (Å²) in [6.45, 7) is 6.07. The average Bonchev–Trinajstić information content (AvgIpc) is 3.00. The molecule has 0 saturated carbocycles. The Bertz CT molecular complexity index is 821. The third kappa shape index (κ3) is 5.09. The molecule has 1 aromatic carbocycles. The molecule has 2 N–H and O–H groups in total. The molecular weight excluding hydrogens is 346 g/mol. The zero-order valence-corrected chi connectivity index (χ0v) is 16.4. The van der Waals surface area contributed by atoms with E-state index < -0.39 is 11.9 Å². The van der Waals surface area contributed by atoms with Crippen LogP contribution in [0.2, 0.25) is 0 Å². The van der Waals surface area contributed by atoms with Gasteiger partial charge in [0.1, 0.15) is 11.4 Å². The van der Waals surface area contributed by atoms with Crippen molar-refractivity contribution in [3.8, 4) is 5.75 Å². The summed E-state index contributed by atoms with van der Waals surface area (Å²) >= 11 is 0. The molecule has 2 rings (SSSR count). The van der Waals surface area contributed by atoms with Gasteiger partial charge in [-0.2, -0.15) is 5.10 Å². The second-order valence-corrected chi connectivity index (χ2v) is 7.55. The topological polar surface area (TPSA) is 93.5 Å². The number of aromatic nitrogens is 2. The molecule has 0 bridgehead atoms. The van der Waals surface area contributed by atoms with Crippen LogP contribution in [0.25, 0.3) is 0 Å². The first-order valence-corrected chi connectivity index (χ1v) is 8.81. The molecular formula is C20H27N3O4. The number of para-hydroxylation sites is 1. The molecule has 0 saturated heterocycles. The first-order valence-electron chi connectivity index (χ1n) is 8.81. The number of carboxylic acids is 1. The molecule has 1 heterocycles. The molecule has 1 atom stereocenters. The van der Waals surface area contributed by atoms with Gasteiger partial charge in [0.05, 0.1) is 18.7 Å². The molecule has 2 aromatic rings. The maximum Gasteiger partial charge on any atom is 0.308 e. The number of amides is 1. The summed E-state index contributed by atoms with van der Waals surface area (Å²) in [5, 5.41) is 16.6. The number of methoxy groups -OCH3 is 1. The number of ether oxygens (including phenoxy) is 1. The van der Waals surface area contributed by atoms with E-state index in [1.807, 2.05) is 39.0 Å². The lowest BCUT2D eigenvalue weighted by atomic mass is 9.92. The van der Waals surface area contributed by atoms with Crippen molar-refractivity contribution in [1.82, 2.24) is 15.1 Å². The van der Waals surface area contributed by atoms with Crippen molar-refractivity contribution in [1.29, 1.82) is 0 Å². The van der Waals surface area contributed by atoms with Gasteiger partial charge in [-0.15, -0.1) is 0 Å². The Morgan fingerprint density at radius 2 is 1.96 bits per heavy atom. The number of aryl methyl sites for hydroxylation is 1. The smallest absolute Gasteiger partial charge is 0.308 e. The number of rotatable bonds is 7.